The number of aliphatic hydroxyl groups excluding tert-OH is 1. The minimum Gasteiger partial charge on any atom is -0.392 e. The Morgan fingerprint density at radius 2 is 1.64 bits per heavy atom. The van der Waals surface area contributed by atoms with Crippen molar-refractivity contribution in [1.82, 2.24) is 14.9 Å². The van der Waals surface area contributed by atoms with E-state index in [9.17, 15) is 9.90 Å². The average molecular weight is 589 g/mol. The molecule has 42 heavy (non-hydrogen) atoms. The highest BCUT2D eigenvalue weighted by Gasteiger charge is 2.51. The topological polar surface area (TPSA) is 97.6 Å². The number of ether oxygens (including phenoxy) is 2. The number of amides is 2. The molecule has 4 bridgehead atoms. The van der Waals surface area contributed by atoms with Crippen LogP contribution in [0.5, 0.6) is 0 Å². The molecule has 0 spiro atoms. The van der Waals surface area contributed by atoms with Crippen LogP contribution in [0.4, 0.5) is 10.5 Å². The van der Waals surface area contributed by atoms with E-state index in [0.29, 0.717) is 0 Å². The van der Waals surface area contributed by atoms with Crippen molar-refractivity contribution in [2.75, 3.05) is 11.1 Å². The summed E-state index contributed by atoms with van der Waals surface area (Å²) in [7, 11) is 1.99. The van der Waals surface area contributed by atoms with E-state index in [-0.39, 0.29) is 30.4 Å². The molecule has 2 aromatic carbocycles. The van der Waals surface area contributed by atoms with E-state index in [1.807, 2.05) is 66.3 Å². The maximum atomic E-state index is 13.1. The number of thioether (sulfide) groups is 1. The third-order valence-electron chi connectivity index (χ3n) is 9.65. The van der Waals surface area contributed by atoms with Crippen molar-refractivity contribution in [1.29, 1.82) is 0 Å². The van der Waals surface area contributed by atoms with Crippen LogP contribution in [0.15, 0.2) is 66.1 Å². The molecule has 1 aliphatic heterocycles. The Labute approximate surface area is 251 Å². The van der Waals surface area contributed by atoms with Gasteiger partial charge in [0.25, 0.3) is 0 Å². The van der Waals surface area contributed by atoms with Crippen molar-refractivity contribution in [3.05, 3.63) is 77.6 Å². The average Bonchev–Trinajstić information content (AvgIpc) is 3.39. The quantitative estimate of drug-likeness (QED) is 0.266. The van der Waals surface area contributed by atoms with Gasteiger partial charge >= 0.3 is 6.03 Å². The summed E-state index contributed by atoms with van der Waals surface area (Å²) in [4.78, 5) is 17.5. The number of hydrogen-bond donors (Lipinski definition) is 3. The summed E-state index contributed by atoms with van der Waals surface area (Å²) >= 11 is 1.68. The van der Waals surface area contributed by atoms with Gasteiger partial charge in [-0.05, 0) is 79.5 Å². The van der Waals surface area contributed by atoms with E-state index >= 15 is 0 Å². The summed E-state index contributed by atoms with van der Waals surface area (Å²) in [5.74, 6) is 3.11. The van der Waals surface area contributed by atoms with Crippen LogP contribution in [0.2, 0.25) is 0 Å². The third kappa shape index (κ3) is 5.97. The molecule has 5 fully saturated rings. The second-order valence-electron chi connectivity index (χ2n) is 12.9. The molecule has 8 nitrogen and oxygen atoms in total. The van der Waals surface area contributed by atoms with Crippen LogP contribution in [-0.4, -0.2) is 38.1 Å². The van der Waals surface area contributed by atoms with Gasteiger partial charge in [0.2, 0.25) is 0 Å². The highest BCUT2D eigenvalue weighted by molar-refractivity contribution is 7.99. The number of carbonyl (C=O) groups is 1. The number of aromatic nitrogens is 2. The molecule has 3 N–H and O–H groups in total. The van der Waals surface area contributed by atoms with Crippen molar-refractivity contribution >= 4 is 23.5 Å². The number of nitrogens with zero attached hydrogens (tertiary/aromatic N) is 2. The largest absolute Gasteiger partial charge is 0.392 e. The Hall–Kier alpha value is -2.85. The number of nitrogens with one attached hydrogen (secondary N) is 2. The van der Waals surface area contributed by atoms with E-state index in [0.717, 1.165) is 76.7 Å². The van der Waals surface area contributed by atoms with E-state index < -0.39 is 6.29 Å². The number of carbonyl (C=O) groups excluding carboxylic acids is 1. The zero-order chi connectivity index (χ0) is 28.7. The highest BCUT2D eigenvalue weighted by Crippen LogP contribution is 2.55. The standard InChI is InChI=1S/C33H40N4O4S/c1-37-11-10-34-32(37)42-20-28-15-29(25-4-2-21(19-38)3-5-25)41-30(40-28)26-6-8-27(9-7-26)35-31(39)36-33-16-22-12-23(17-33)14-24(13-22)18-33/h2-11,22-24,28-30,38H,12-20H2,1H3,(H2,35,36,39)/t22?,23?,24?,28-,29+,30+,33?/m1/s1. The van der Waals surface area contributed by atoms with Crippen LogP contribution >= 0.6 is 11.8 Å². The van der Waals surface area contributed by atoms with Crippen LogP contribution in [0.3, 0.4) is 0 Å². The molecule has 2 amide bonds. The first-order valence-corrected chi connectivity index (χ1v) is 16.2. The highest BCUT2D eigenvalue weighted by atomic mass is 32.2. The van der Waals surface area contributed by atoms with Gasteiger partial charge in [0.1, 0.15) is 0 Å². The smallest absolute Gasteiger partial charge is 0.319 e. The monoisotopic (exact) mass is 588 g/mol. The zero-order valence-electron chi connectivity index (χ0n) is 24.1. The van der Waals surface area contributed by atoms with Gasteiger partial charge in [-0.3, -0.25) is 0 Å². The van der Waals surface area contributed by atoms with Gasteiger partial charge in [-0.2, -0.15) is 0 Å². The molecule has 8 rings (SSSR count). The van der Waals surface area contributed by atoms with E-state index in [2.05, 4.69) is 15.6 Å². The molecule has 0 unspecified atom stereocenters. The SMILES string of the molecule is Cn1ccnc1SC[C@H]1C[C@@H](c2ccc(CO)cc2)O[C@@H](c2ccc(NC(=O)NC34CC5CC(CC(C5)C3)C4)cc2)O1. The number of hydrogen-bond acceptors (Lipinski definition) is 6. The molecule has 4 aliphatic carbocycles. The molecule has 9 heteroatoms. The number of anilines is 1. The van der Waals surface area contributed by atoms with Crippen LogP contribution in [0, 0.1) is 17.8 Å². The van der Waals surface area contributed by atoms with E-state index in [4.69, 9.17) is 9.47 Å². The minimum atomic E-state index is -0.539. The molecule has 1 saturated heterocycles. The Morgan fingerprint density at radius 1 is 0.976 bits per heavy atom. The van der Waals surface area contributed by atoms with Crippen LogP contribution in [0.25, 0.3) is 0 Å². The number of benzene rings is 2. The molecule has 5 aliphatic rings. The Morgan fingerprint density at radius 3 is 2.26 bits per heavy atom. The maximum Gasteiger partial charge on any atom is 0.319 e. The Kier molecular flexibility index (Phi) is 7.77. The number of imidazole rings is 1. The van der Waals surface area contributed by atoms with Crippen molar-refractivity contribution in [3.8, 4) is 0 Å². The molecule has 3 aromatic rings. The molecule has 3 atom stereocenters. The van der Waals surface area contributed by atoms with Gasteiger partial charge in [0, 0.05) is 48.4 Å². The summed E-state index contributed by atoms with van der Waals surface area (Å²) in [6, 6.07) is 15.6. The van der Waals surface area contributed by atoms with Gasteiger partial charge in [-0.1, -0.05) is 48.2 Å². The summed E-state index contributed by atoms with van der Waals surface area (Å²) in [5, 5.41) is 16.9. The molecular weight excluding hydrogens is 548 g/mol. The third-order valence-corrected chi connectivity index (χ3v) is 10.8. The Balaban J connectivity index is 1.02. The first kappa shape index (κ1) is 28.0. The van der Waals surface area contributed by atoms with Crippen LogP contribution in [-0.2, 0) is 23.1 Å². The summed E-state index contributed by atoms with van der Waals surface area (Å²) < 4.78 is 15.0. The number of aryl methyl sites for hydroxylation is 1. The Bertz CT molecular complexity index is 1360. The van der Waals surface area contributed by atoms with Crippen LogP contribution < -0.4 is 10.6 Å². The van der Waals surface area contributed by atoms with Crippen molar-refractivity contribution in [2.45, 2.75) is 80.7 Å². The van der Waals surface area contributed by atoms with Gasteiger partial charge in [-0.15, -0.1) is 0 Å². The number of urea groups is 1. The molecule has 1 aromatic heterocycles. The van der Waals surface area contributed by atoms with Gasteiger partial charge in [0.05, 0.1) is 18.8 Å². The molecule has 0 radical (unpaired) electrons. The zero-order valence-corrected chi connectivity index (χ0v) is 24.9. The van der Waals surface area contributed by atoms with Crippen LogP contribution in [0.1, 0.15) is 74.0 Å². The maximum absolute atomic E-state index is 13.1. The normalized spacial score (nSPS) is 31.7. The van der Waals surface area contributed by atoms with Crippen molar-refractivity contribution < 1.29 is 19.4 Å². The van der Waals surface area contributed by atoms with E-state index in [1.54, 1.807) is 18.0 Å². The van der Waals surface area contributed by atoms with Gasteiger partial charge < -0.3 is 29.8 Å². The summed E-state index contributed by atoms with van der Waals surface area (Å²) in [6.45, 7) is 0.0153. The second-order valence-corrected chi connectivity index (χ2v) is 13.9. The van der Waals surface area contributed by atoms with Gasteiger partial charge in [-0.25, -0.2) is 9.78 Å². The predicted molar refractivity (Wildman–Crippen MR) is 162 cm³/mol. The lowest BCUT2D eigenvalue weighted by Gasteiger charge is -2.56. The lowest BCUT2D eigenvalue weighted by molar-refractivity contribution is -0.245. The minimum absolute atomic E-state index is 0.0153. The van der Waals surface area contributed by atoms with E-state index in [1.165, 1.54) is 19.3 Å². The first-order chi connectivity index (χ1) is 20.4. The molecule has 2 heterocycles. The lowest BCUT2D eigenvalue weighted by Crippen LogP contribution is -2.60. The lowest BCUT2D eigenvalue weighted by atomic mass is 9.53. The van der Waals surface area contributed by atoms with Crippen molar-refractivity contribution in [3.63, 3.8) is 0 Å². The fourth-order valence-corrected chi connectivity index (χ4v) is 9.02. The number of rotatable bonds is 8. The first-order valence-electron chi connectivity index (χ1n) is 15.2. The fourth-order valence-electron chi connectivity index (χ4n) is 8.07. The molecular formula is C33H40N4O4S. The molecule has 4 saturated carbocycles. The van der Waals surface area contributed by atoms with Gasteiger partial charge in [0.15, 0.2) is 11.4 Å². The second kappa shape index (κ2) is 11.7. The molecule has 222 valence electrons. The summed E-state index contributed by atoms with van der Waals surface area (Å²) in [6.07, 6.45) is 11.2. The summed E-state index contributed by atoms with van der Waals surface area (Å²) in [5.41, 5.74) is 3.58. The fraction of sp³-hybridized carbons (Fsp3) is 0.515. The van der Waals surface area contributed by atoms with Crippen molar-refractivity contribution in [2.24, 2.45) is 24.8 Å². The predicted octanol–water partition coefficient (Wildman–Crippen LogP) is 6.34. The number of aliphatic hydroxyl groups is 1.